The lowest BCUT2D eigenvalue weighted by Crippen LogP contribution is -2.48. The third kappa shape index (κ3) is 3.09. The molecule has 8 nitrogen and oxygen atoms in total. The third-order valence-corrected chi connectivity index (χ3v) is 6.89. The maximum absolute atomic E-state index is 13.6. The number of aryl methyl sites for hydroxylation is 2. The molecule has 1 aliphatic heterocycles. The fourth-order valence-electron chi connectivity index (χ4n) is 5.39. The van der Waals surface area contributed by atoms with Gasteiger partial charge in [-0.15, -0.1) is 0 Å². The van der Waals surface area contributed by atoms with Gasteiger partial charge >= 0.3 is 0 Å². The number of nitrogen functional groups attached to an aromatic ring is 1. The van der Waals surface area contributed by atoms with Crippen LogP contribution in [0, 0.1) is 0 Å². The minimum atomic E-state index is -0.0877. The highest BCUT2D eigenvalue weighted by Crippen LogP contribution is 2.44. The second-order valence-corrected chi connectivity index (χ2v) is 9.11. The highest BCUT2D eigenvalue weighted by atomic mass is 16.2. The summed E-state index contributed by atoms with van der Waals surface area (Å²) in [4.78, 5) is 35.7. The summed E-state index contributed by atoms with van der Waals surface area (Å²) in [6, 6.07) is 0. The van der Waals surface area contributed by atoms with E-state index in [-0.39, 0.29) is 17.3 Å². The van der Waals surface area contributed by atoms with Crippen molar-refractivity contribution in [3.05, 3.63) is 34.4 Å². The summed E-state index contributed by atoms with van der Waals surface area (Å²) in [6.45, 7) is 1.43. The molecule has 1 unspecified atom stereocenters. The molecule has 2 aromatic heterocycles. The molecule has 0 aromatic carbocycles. The van der Waals surface area contributed by atoms with Crippen LogP contribution in [0.4, 0.5) is 11.9 Å². The minimum absolute atomic E-state index is 0.00309. The standard InChI is InChI=1S/C22H29N7O/c1-28(2)21-24-12-14-8-10-22(18(14)27-21)9-5-11-29(13-22)19(30)17-15-6-3-4-7-16(15)25-20(23)26-17/h12H,3-11,13H2,1-2H3,(H2,23,25,26). The molecule has 3 heterocycles. The van der Waals surface area contributed by atoms with Gasteiger partial charge in [0.25, 0.3) is 5.91 Å². The number of rotatable bonds is 2. The number of anilines is 2. The molecular weight excluding hydrogens is 378 g/mol. The number of carbonyl (C=O) groups is 1. The summed E-state index contributed by atoms with van der Waals surface area (Å²) < 4.78 is 0. The van der Waals surface area contributed by atoms with Gasteiger partial charge in [-0.2, -0.15) is 0 Å². The fraction of sp³-hybridized carbons (Fsp3) is 0.591. The van der Waals surface area contributed by atoms with Gasteiger partial charge in [0.1, 0.15) is 5.69 Å². The molecule has 1 atom stereocenters. The largest absolute Gasteiger partial charge is 0.368 e. The van der Waals surface area contributed by atoms with Gasteiger partial charge in [0, 0.05) is 50.1 Å². The minimum Gasteiger partial charge on any atom is -0.368 e. The Balaban J connectivity index is 1.47. The van der Waals surface area contributed by atoms with E-state index >= 15 is 0 Å². The Morgan fingerprint density at radius 3 is 2.77 bits per heavy atom. The van der Waals surface area contributed by atoms with Crippen molar-refractivity contribution in [2.24, 2.45) is 0 Å². The number of nitrogens with two attached hydrogens (primary N) is 1. The van der Waals surface area contributed by atoms with Crippen molar-refractivity contribution >= 4 is 17.8 Å². The molecule has 30 heavy (non-hydrogen) atoms. The summed E-state index contributed by atoms with van der Waals surface area (Å²) in [6.07, 6.45) is 9.88. The monoisotopic (exact) mass is 407 g/mol. The third-order valence-electron chi connectivity index (χ3n) is 6.89. The number of hydrogen-bond donors (Lipinski definition) is 1. The zero-order valence-corrected chi connectivity index (χ0v) is 17.8. The van der Waals surface area contributed by atoms with Crippen LogP contribution in [0.3, 0.4) is 0 Å². The number of amides is 1. The van der Waals surface area contributed by atoms with Gasteiger partial charge in [-0.3, -0.25) is 4.79 Å². The van der Waals surface area contributed by atoms with Crippen LogP contribution in [-0.4, -0.2) is 57.9 Å². The van der Waals surface area contributed by atoms with Crippen LogP contribution < -0.4 is 10.6 Å². The molecule has 5 rings (SSSR count). The lowest BCUT2D eigenvalue weighted by molar-refractivity contribution is 0.0626. The van der Waals surface area contributed by atoms with E-state index in [1.807, 2.05) is 30.1 Å². The Morgan fingerprint density at radius 2 is 1.93 bits per heavy atom. The zero-order chi connectivity index (χ0) is 20.9. The van der Waals surface area contributed by atoms with E-state index in [0.717, 1.165) is 80.8 Å². The average molecular weight is 408 g/mol. The van der Waals surface area contributed by atoms with E-state index in [0.29, 0.717) is 12.2 Å². The van der Waals surface area contributed by atoms with Crippen molar-refractivity contribution in [1.82, 2.24) is 24.8 Å². The molecule has 2 N–H and O–H groups in total. The van der Waals surface area contributed by atoms with E-state index in [9.17, 15) is 4.79 Å². The van der Waals surface area contributed by atoms with Crippen molar-refractivity contribution in [3.63, 3.8) is 0 Å². The van der Waals surface area contributed by atoms with E-state index < -0.39 is 0 Å². The topological polar surface area (TPSA) is 101 Å². The van der Waals surface area contributed by atoms with E-state index in [2.05, 4.69) is 15.0 Å². The number of carbonyl (C=O) groups excluding carboxylic acids is 1. The first kappa shape index (κ1) is 19.2. The number of hydrogen-bond acceptors (Lipinski definition) is 7. The fourth-order valence-corrected chi connectivity index (χ4v) is 5.39. The van der Waals surface area contributed by atoms with Crippen LogP contribution in [-0.2, 0) is 24.7 Å². The number of fused-ring (bicyclic) bond motifs is 3. The summed E-state index contributed by atoms with van der Waals surface area (Å²) >= 11 is 0. The van der Waals surface area contributed by atoms with Crippen LogP contribution in [0.5, 0.6) is 0 Å². The smallest absolute Gasteiger partial charge is 0.272 e. The van der Waals surface area contributed by atoms with Crippen molar-refractivity contribution in [3.8, 4) is 0 Å². The lowest BCUT2D eigenvalue weighted by Gasteiger charge is -2.40. The highest BCUT2D eigenvalue weighted by molar-refractivity contribution is 5.94. The quantitative estimate of drug-likeness (QED) is 0.811. The first-order valence-electron chi connectivity index (χ1n) is 11.0. The van der Waals surface area contributed by atoms with Crippen LogP contribution in [0.1, 0.15) is 65.1 Å². The summed E-state index contributed by atoms with van der Waals surface area (Å²) in [7, 11) is 3.92. The molecule has 2 aromatic rings. The van der Waals surface area contributed by atoms with Crippen molar-refractivity contribution in [1.29, 1.82) is 0 Å². The van der Waals surface area contributed by atoms with Crippen LogP contribution in [0.15, 0.2) is 6.20 Å². The highest BCUT2D eigenvalue weighted by Gasteiger charge is 2.45. The summed E-state index contributed by atoms with van der Waals surface area (Å²) in [5.74, 6) is 0.938. The number of aromatic nitrogens is 4. The van der Waals surface area contributed by atoms with Gasteiger partial charge in [-0.1, -0.05) is 0 Å². The Hall–Kier alpha value is -2.77. The predicted octanol–water partition coefficient (Wildman–Crippen LogP) is 1.91. The second-order valence-electron chi connectivity index (χ2n) is 9.11. The average Bonchev–Trinajstić information content (AvgIpc) is 3.09. The lowest BCUT2D eigenvalue weighted by atomic mass is 9.77. The van der Waals surface area contributed by atoms with Gasteiger partial charge in [0.2, 0.25) is 11.9 Å². The van der Waals surface area contributed by atoms with Gasteiger partial charge in [0.05, 0.1) is 5.69 Å². The molecule has 1 fully saturated rings. The van der Waals surface area contributed by atoms with Gasteiger partial charge in [-0.05, 0) is 56.9 Å². The predicted molar refractivity (Wildman–Crippen MR) is 115 cm³/mol. The van der Waals surface area contributed by atoms with Gasteiger partial charge < -0.3 is 15.5 Å². The molecule has 0 bridgehead atoms. The van der Waals surface area contributed by atoms with Crippen molar-refractivity contribution < 1.29 is 4.79 Å². The number of nitrogens with zero attached hydrogens (tertiary/aromatic N) is 6. The Kier molecular flexibility index (Phi) is 4.60. The molecule has 3 aliphatic rings. The van der Waals surface area contributed by atoms with Crippen LogP contribution >= 0.6 is 0 Å². The van der Waals surface area contributed by atoms with Crippen molar-refractivity contribution in [2.45, 2.75) is 56.8 Å². The van der Waals surface area contributed by atoms with Crippen LogP contribution in [0.2, 0.25) is 0 Å². The summed E-state index contributed by atoms with van der Waals surface area (Å²) in [5.41, 5.74) is 10.7. The number of likely N-dealkylation sites (tertiary alicyclic amines) is 1. The molecule has 1 amide bonds. The maximum atomic E-state index is 13.6. The first-order chi connectivity index (χ1) is 14.5. The second kappa shape index (κ2) is 7.18. The molecule has 1 saturated heterocycles. The van der Waals surface area contributed by atoms with Gasteiger partial charge in [-0.25, -0.2) is 19.9 Å². The molecule has 2 aliphatic carbocycles. The SMILES string of the molecule is CN(C)c1ncc2c(n1)C1(CCCN(C(=O)c3nc(N)nc4c3CCCC4)C1)CC2. The molecule has 0 radical (unpaired) electrons. The first-order valence-corrected chi connectivity index (χ1v) is 11.0. The summed E-state index contributed by atoms with van der Waals surface area (Å²) in [5, 5.41) is 0. The molecule has 158 valence electrons. The van der Waals surface area contributed by atoms with E-state index in [4.69, 9.17) is 10.7 Å². The maximum Gasteiger partial charge on any atom is 0.272 e. The molecular formula is C22H29N7O. The van der Waals surface area contributed by atoms with Crippen molar-refractivity contribution in [2.75, 3.05) is 37.8 Å². The van der Waals surface area contributed by atoms with Crippen LogP contribution in [0.25, 0.3) is 0 Å². The molecule has 8 heteroatoms. The zero-order valence-electron chi connectivity index (χ0n) is 17.8. The normalized spacial score (nSPS) is 22.7. The Bertz CT molecular complexity index is 1000. The molecule has 1 spiro atoms. The van der Waals surface area contributed by atoms with E-state index in [1.54, 1.807) is 0 Å². The Labute approximate surface area is 176 Å². The number of piperidine rings is 1. The van der Waals surface area contributed by atoms with Gasteiger partial charge in [0.15, 0.2) is 0 Å². The van der Waals surface area contributed by atoms with E-state index in [1.165, 1.54) is 5.56 Å². The molecule has 0 saturated carbocycles. The Morgan fingerprint density at radius 1 is 1.10 bits per heavy atom.